The Morgan fingerprint density at radius 1 is 0.929 bits per heavy atom. The minimum absolute atomic E-state index is 0.320. The van der Waals surface area contributed by atoms with Crippen LogP contribution < -0.4 is 15.1 Å². The Morgan fingerprint density at radius 3 is 2.68 bits per heavy atom. The predicted octanol–water partition coefficient (Wildman–Crippen LogP) is 1.95. The summed E-state index contributed by atoms with van der Waals surface area (Å²) >= 11 is 0. The topological polar surface area (TPSA) is 79.3 Å². The van der Waals surface area contributed by atoms with Crippen molar-refractivity contribution in [2.24, 2.45) is 0 Å². The molecule has 3 aromatic rings. The number of nitrogens with one attached hydrogen (secondary N) is 1. The van der Waals surface area contributed by atoms with E-state index in [0.29, 0.717) is 6.04 Å². The molecule has 0 radical (unpaired) electrons. The van der Waals surface area contributed by atoms with Crippen molar-refractivity contribution in [3.63, 3.8) is 0 Å². The van der Waals surface area contributed by atoms with Gasteiger partial charge in [0.05, 0.1) is 30.4 Å². The quantitative estimate of drug-likeness (QED) is 0.739. The molecule has 2 aliphatic rings. The van der Waals surface area contributed by atoms with Crippen LogP contribution in [0.3, 0.4) is 0 Å². The second kappa shape index (κ2) is 7.55. The average molecular weight is 377 g/mol. The molecule has 0 spiro atoms. The third-order valence-electron chi connectivity index (χ3n) is 5.24. The SMILES string of the molecule is c1ccc2nc(N3CCC(Nc4ccnc(N5CCOCC5)n4)C3)cnc2c1. The van der Waals surface area contributed by atoms with Crippen LogP contribution in [0, 0.1) is 0 Å². The maximum absolute atomic E-state index is 5.41. The molecule has 144 valence electrons. The van der Waals surface area contributed by atoms with E-state index in [1.54, 1.807) is 0 Å². The maximum Gasteiger partial charge on any atom is 0.227 e. The molecule has 2 saturated heterocycles. The van der Waals surface area contributed by atoms with Gasteiger partial charge in [-0.3, -0.25) is 4.98 Å². The van der Waals surface area contributed by atoms with Crippen LogP contribution in [-0.2, 0) is 4.74 Å². The minimum Gasteiger partial charge on any atom is -0.378 e. The van der Waals surface area contributed by atoms with E-state index in [9.17, 15) is 0 Å². The molecule has 5 rings (SSSR count). The lowest BCUT2D eigenvalue weighted by Gasteiger charge is -2.27. The summed E-state index contributed by atoms with van der Waals surface area (Å²) in [5.41, 5.74) is 1.86. The average Bonchev–Trinajstić information content (AvgIpc) is 3.23. The molecule has 2 aromatic heterocycles. The standard InChI is InChI=1S/C20H23N7O/c1-2-4-17-16(3-1)22-13-19(24-17)27-8-6-15(14-27)23-18-5-7-21-20(25-18)26-9-11-28-12-10-26/h1-5,7,13,15H,6,8-12,14H2,(H,21,23,25). The molecule has 8 nitrogen and oxygen atoms in total. The monoisotopic (exact) mass is 377 g/mol. The van der Waals surface area contributed by atoms with Gasteiger partial charge in [0.2, 0.25) is 5.95 Å². The molecule has 0 aliphatic carbocycles. The molecule has 0 bridgehead atoms. The Morgan fingerprint density at radius 2 is 1.79 bits per heavy atom. The van der Waals surface area contributed by atoms with E-state index in [2.05, 4.69) is 25.1 Å². The van der Waals surface area contributed by atoms with Crippen LogP contribution in [-0.4, -0.2) is 65.4 Å². The van der Waals surface area contributed by atoms with Gasteiger partial charge in [-0.1, -0.05) is 12.1 Å². The number of ether oxygens (including phenoxy) is 1. The van der Waals surface area contributed by atoms with E-state index >= 15 is 0 Å². The molecule has 1 atom stereocenters. The first-order chi connectivity index (χ1) is 13.8. The molecule has 0 saturated carbocycles. The number of hydrogen-bond acceptors (Lipinski definition) is 8. The summed E-state index contributed by atoms with van der Waals surface area (Å²) in [5.74, 6) is 2.57. The van der Waals surface area contributed by atoms with Gasteiger partial charge in [-0.05, 0) is 24.6 Å². The van der Waals surface area contributed by atoms with Crippen LogP contribution in [0.25, 0.3) is 11.0 Å². The molecule has 1 unspecified atom stereocenters. The largest absolute Gasteiger partial charge is 0.378 e. The van der Waals surface area contributed by atoms with Gasteiger partial charge in [0.1, 0.15) is 11.6 Å². The van der Waals surface area contributed by atoms with Gasteiger partial charge in [-0.15, -0.1) is 0 Å². The van der Waals surface area contributed by atoms with Gasteiger partial charge < -0.3 is 19.9 Å². The predicted molar refractivity (Wildman–Crippen MR) is 109 cm³/mol. The third-order valence-corrected chi connectivity index (χ3v) is 5.24. The number of para-hydroxylation sites is 2. The number of fused-ring (bicyclic) bond motifs is 1. The van der Waals surface area contributed by atoms with Gasteiger partial charge in [0, 0.05) is 38.4 Å². The van der Waals surface area contributed by atoms with E-state index in [0.717, 1.165) is 74.4 Å². The zero-order chi connectivity index (χ0) is 18.8. The number of aromatic nitrogens is 4. The van der Waals surface area contributed by atoms with Crippen molar-refractivity contribution in [2.45, 2.75) is 12.5 Å². The lowest BCUT2D eigenvalue weighted by molar-refractivity contribution is 0.122. The highest BCUT2D eigenvalue weighted by Gasteiger charge is 2.24. The molecular formula is C20H23N7O. The van der Waals surface area contributed by atoms with E-state index < -0.39 is 0 Å². The fraction of sp³-hybridized carbons (Fsp3) is 0.400. The number of nitrogens with zero attached hydrogens (tertiary/aromatic N) is 6. The second-order valence-electron chi connectivity index (χ2n) is 7.13. The Balaban J connectivity index is 1.26. The lowest BCUT2D eigenvalue weighted by Crippen LogP contribution is -2.37. The van der Waals surface area contributed by atoms with E-state index in [4.69, 9.17) is 14.7 Å². The van der Waals surface area contributed by atoms with Crippen LogP contribution >= 0.6 is 0 Å². The van der Waals surface area contributed by atoms with E-state index in [1.165, 1.54) is 0 Å². The van der Waals surface area contributed by atoms with Crippen molar-refractivity contribution in [3.8, 4) is 0 Å². The number of anilines is 3. The number of rotatable bonds is 4. The second-order valence-corrected chi connectivity index (χ2v) is 7.13. The number of hydrogen-bond donors (Lipinski definition) is 1. The first-order valence-corrected chi connectivity index (χ1v) is 9.74. The van der Waals surface area contributed by atoms with Crippen molar-refractivity contribution < 1.29 is 4.74 Å². The molecular weight excluding hydrogens is 354 g/mol. The van der Waals surface area contributed by atoms with E-state index in [1.807, 2.05) is 42.7 Å². The summed E-state index contributed by atoms with van der Waals surface area (Å²) in [7, 11) is 0. The number of morpholine rings is 1. The fourth-order valence-corrected chi connectivity index (χ4v) is 3.74. The van der Waals surface area contributed by atoms with Crippen molar-refractivity contribution in [1.29, 1.82) is 0 Å². The van der Waals surface area contributed by atoms with E-state index in [-0.39, 0.29) is 0 Å². The Kier molecular flexibility index (Phi) is 4.62. The molecule has 4 heterocycles. The zero-order valence-electron chi connectivity index (χ0n) is 15.7. The highest BCUT2D eigenvalue weighted by molar-refractivity contribution is 5.75. The summed E-state index contributed by atoms with van der Waals surface area (Å²) in [4.78, 5) is 22.9. The zero-order valence-corrected chi connectivity index (χ0v) is 15.7. The molecule has 1 N–H and O–H groups in total. The molecule has 2 aliphatic heterocycles. The fourth-order valence-electron chi connectivity index (χ4n) is 3.74. The van der Waals surface area contributed by atoms with Crippen LogP contribution in [0.4, 0.5) is 17.6 Å². The van der Waals surface area contributed by atoms with Gasteiger partial charge >= 0.3 is 0 Å². The van der Waals surface area contributed by atoms with Crippen molar-refractivity contribution in [1.82, 2.24) is 19.9 Å². The Labute approximate surface area is 163 Å². The van der Waals surface area contributed by atoms with Crippen LogP contribution in [0.15, 0.2) is 42.7 Å². The number of benzene rings is 1. The molecule has 28 heavy (non-hydrogen) atoms. The van der Waals surface area contributed by atoms with Crippen molar-refractivity contribution in [3.05, 3.63) is 42.7 Å². The first-order valence-electron chi connectivity index (χ1n) is 9.74. The first kappa shape index (κ1) is 17.1. The highest BCUT2D eigenvalue weighted by Crippen LogP contribution is 2.22. The molecule has 1 aromatic carbocycles. The minimum atomic E-state index is 0.320. The van der Waals surface area contributed by atoms with Gasteiger partial charge in [-0.25, -0.2) is 9.97 Å². The summed E-state index contributed by atoms with van der Waals surface area (Å²) < 4.78 is 5.41. The van der Waals surface area contributed by atoms with Gasteiger partial charge in [0.15, 0.2) is 0 Å². The molecule has 8 heteroatoms. The third kappa shape index (κ3) is 3.55. The molecule has 0 amide bonds. The van der Waals surface area contributed by atoms with Gasteiger partial charge in [0.25, 0.3) is 0 Å². The van der Waals surface area contributed by atoms with Crippen molar-refractivity contribution >= 4 is 28.6 Å². The van der Waals surface area contributed by atoms with Crippen LogP contribution in [0.5, 0.6) is 0 Å². The Bertz CT molecular complexity index is 960. The summed E-state index contributed by atoms with van der Waals surface area (Å²) in [6.07, 6.45) is 4.72. The maximum atomic E-state index is 5.41. The highest BCUT2D eigenvalue weighted by atomic mass is 16.5. The summed E-state index contributed by atoms with van der Waals surface area (Å²) in [5, 5.41) is 3.56. The summed E-state index contributed by atoms with van der Waals surface area (Å²) in [6.45, 7) is 4.95. The van der Waals surface area contributed by atoms with Gasteiger partial charge in [-0.2, -0.15) is 4.98 Å². The van der Waals surface area contributed by atoms with Crippen LogP contribution in [0.2, 0.25) is 0 Å². The molecule has 2 fully saturated rings. The van der Waals surface area contributed by atoms with Crippen molar-refractivity contribution in [2.75, 3.05) is 54.5 Å². The smallest absolute Gasteiger partial charge is 0.227 e. The van der Waals surface area contributed by atoms with Crippen LogP contribution in [0.1, 0.15) is 6.42 Å². The Hall–Kier alpha value is -3.00. The lowest BCUT2D eigenvalue weighted by atomic mass is 10.2. The summed E-state index contributed by atoms with van der Waals surface area (Å²) in [6, 6.07) is 10.2. The normalized spacial score (nSPS) is 19.9.